The Morgan fingerprint density at radius 1 is 1.75 bits per heavy atom. The van der Waals surface area contributed by atoms with E-state index in [0.29, 0.717) is 0 Å². The van der Waals surface area contributed by atoms with E-state index in [2.05, 4.69) is 0 Å². The van der Waals surface area contributed by atoms with Crippen molar-refractivity contribution in [3.63, 3.8) is 0 Å². The molecule has 21 valence electrons. The molecule has 3 radical (unpaired) electrons. The Labute approximate surface area is 35.1 Å². The van der Waals surface area contributed by atoms with Crippen molar-refractivity contribution < 1.29 is 0 Å². The fourth-order valence-electron chi connectivity index (χ4n) is 0. The van der Waals surface area contributed by atoms with Crippen molar-refractivity contribution in [3.8, 4) is 0 Å². The van der Waals surface area contributed by atoms with Crippen LogP contribution in [0.1, 0.15) is 6.92 Å². The second kappa shape index (κ2) is 3.28. The molecule has 0 fully saturated rings. The molecule has 0 unspecified atom stereocenters. The zero-order chi connectivity index (χ0) is 3.41. The van der Waals surface area contributed by atoms with Crippen LogP contribution in [-0.2, 0) is 0 Å². The molecule has 0 aliphatic rings. The fraction of sp³-hybridized carbons (Fsp3) is 0.333. The van der Waals surface area contributed by atoms with Gasteiger partial charge in [0.15, 0.2) is 0 Å². The van der Waals surface area contributed by atoms with Gasteiger partial charge in [-0.15, -0.1) is 0 Å². The Morgan fingerprint density at radius 3 is 2.00 bits per heavy atom. The maximum atomic E-state index is 2.00. The van der Waals surface area contributed by atoms with Crippen LogP contribution in [0.5, 0.6) is 0 Å². The first-order valence-corrected chi connectivity index (χ1v) is 2.41. The Hall–Kier alpha value is 0.283. The molecule has 0 bridgehead atoms. The van der Waals surface area contributed by atoms with Gasteiger partial charge in [-0.25, -0.2) is 0 Å². The molecule has 0 spiro atoms. The molecule has 0 aromatic rings. The summed E-state index contributed by atoms with van der Waals surface area (Å²) < 4.78 is 0. The van der Waals surface area contributed by atoms with Gasteiger partial charge in [-0.1, -0.05) is 0 Å². The van der Waals surface area contributed by atoms with Crippen molar-refractivity contribution in [2.45, 2.75) is 6.92 Å². The quantitative estimate of drug-likeness (QED) is 0.406. The van der Waals surface area contributed by atoms with Crippen molar-refractivity contribution in [2.75, 3.05) is 0 Å². The van der Waals surface area contributed by atoms with Gasteiger partial charge in [0.05, 0.1) is 0 Å². The molecule has 0 atom stereocenters. The van der Waals surface area contributed by atoms with Gasteiger partial charge < -0.3 is 0 Å². The maximum absolute atomic E-state index is 2.00. The third-order valence-electron chi connectivity index (χ3n) is 0.167. The molecule has 4 heavy (non-hydrogen) atoms. The Balaban J connectivity index is 2.55. The summed E-state index contributed by atoms with van der Waals surface area (Å²) in [5, 5.41) is 0. The average molecular weight is 114 g/mol. The molecule has 0 rings (SSSR count). The Bertz CT molecular complexity index is 18.5. The molecular weight excluding hydrogens is 109 g/mol. The summed E-state index contributed by atoms with van der Waals surface area (Å²) in [5.74, 6) is 0. The normalized spacial score (nSPS) is 9.50. The fourth-order valence-corrected chi connectivity index (χ4v) is 0. The Kier molecular flexibility index (Phi) is 3.52. The number of rotatable bonds is 0. The first-order valence-electron chi connectivity index (χ1n) is 1.20. The summed E-state index contributed by atoms with van der Waals surface area (Å²) in [6, 6.07) is 0. The van der Waals surface area contributed by atoms with Crippen molar-refractivity contribution >= 4 is 16.5 Å². The Morgan fingerprint density at radius 2 is 2.00 bits per heavy atom. The number of hydrogen-bond donors (Lipinski definition) is 0. The molecule has 0 aliphatic carbocycles. The summed E-state index contributed by atoms with van der Waals surface area (Å²) in [7, 11) is 0. The molecule has 0 aromatic carbocycles. The SMILES string of the molecule is CC=[CH][Ge]. The number of hydrogen-bond acceptors (Lipinski definition) is 0. The van der Waals surface area contributed by atoms with E-state index in [1.165, 1.54) is 0 Å². The van der Waals surface area contributed by atoms with Crippen LogP contribution in [-0.4, -0.2) is 16.5 Å². The van der Waals surface area contributed by atoms with Crippen molar-refractivity contribution in [1.82, 2.24) is 0 Å². The van der Waals surface area contributed by atoms with Crippen molar-refractivity contribution in [3.05, 3.63) is 11.0 Å². The molecule has 0 saturated heterocycles. The van der Waals surface area contributed by atoms with Crippen LogP contribution in [0.4, 0.5) is 0 Å². The predicted molar refractivity (Wildman–Crippen MR) is 20.6 cm³/mol. The van der Waals surface area contributed by atoms with Gasteiger partial charge in [0.1, 0.15) is 0 Å². The van der Waals surface area contributed by atoms with Crippen LogP contribution in [0.25, 0.3) is 0 Å². The van der Waals surface area contributed by atoms with E-state index in [0.717, 1.165) is 0 Å². The molecular formula is C3H5Ge. The topological polar surface area (TPSA) is 0 Å². The molecule has 0 aliphatic heterocycles. The van der Waals surface area contributed by atoms with Crippen LogP contribution in [0.3, 0.4) is 0 Å². The third kappa shape index (κ3) is 2.28. The van der Waals surface area contributed by atoms with Gasteiger partial charge in [0, 0.05) is 0 Å². The van der Waals surface area contributed by atoms with Gasteiger partial charge in [-0.2, -0.15) is 0 Å². The molecule has 0 amide bonds. The first kappa shape index (κ1) is 4.28. The predicted octanol–water partition coefficient (Wildman–Crippen LogP) is 0.689. The molecule has 0 heterocycles. The van der Waals surface area contributed by atoms with E-state index in [9.17, 15) is 0 Å². The van der Waals surface area contributed by atoms with Gasteiger partial charge in [-0.05, 0) is 0 Å². The van der Waals surface area contributed by atoms with Crippen LogP contribution >= 0.6 is 0 Å². The van der Waals surface area contributed by atoms with E-state index in [4.69, 9.17) is 0 Å². The van der Waals surface area contributed by atoms with Crippen LogP contribution in [0.15, 0.2) is 11.0 Å². The molecule has 0 saturated carbocycles. The zero-order valence-electron chi connectivity index (χ0n) is 2.65. The van der Waals surface area contributed by atoms with Gasteiger partial charge in [0.2, 0.25) is 0 Å². The van der Waals surface area contributed by atoms with Crippen LogP contribution < -0.4 is 0 Å². The molecule has 1 heteroatoms. The van der Waals surface area contributed by atoms with Gasteiger partial charge in [-0.3, -0.25) is 0 Å². The van der Waals surface area contributed by atoms with E-state index in [1.54, 1.807) is 0 Å². The summed E-state index contributed by atoms with van der Waals surface area (Å²) >= 11 is 2.00. The summed E-state index contributed by atoms with van der Waals surface area (Å²) in [5.41, 5.74) is 0. The molecule has 0 nitrogen and oxygen atoms in total. The molecule has 0 N–H and O–H groups in total. The van der Waals surface area contributed by atoms with E-state index in [-0.39, 0.29) is 0 Å². The number of allylic oxidation sites excluding steroid dienone is 1. The van der Waals surface area contributed by atoms with Crippen LogP contribution in [0, 0.1) is 0 Å². The van der Waals surface area contributed by atoms with Gasteiger partial charge in [0.25, 0.3) is 0 Å². The summed E-state index contributed by atoms with van der Waals surface area (Å²) in [4.78, 5) is 2.00. The van der Waals surface area contributed by atoms with Crippen molar-refractivity contribution in [2.24, 2.45) is 0 Å². The van der Waals surface area contributed by atoms with E-state index in [1.807, 2.05) is 34.4 Å². The van der Waals surface area contributed by atoms with Crippen LogP contribution in [0.2, 0.25) is 0 Å². The molecule has 0 aromatic heterocycles. The van der Waals surface area contributed by atoms with Crippen molar-refractivity contribution in [1.29, 1.82) is 0 Å². The van der Waals surface area contributed by atoms with E-state index >= 15 is 0 Å². The van der Waals surface area contributed by atoms with Gasteiger partial charge >= 0.3 is 34.4 Å². The summed E-state index contributed by atoms with van der Waals surface area (Å²) in [6.45, 7) is 2.00. The summed E-state index contributed by atoms with van der Waals surface area (Å²) in [6.07, 6.45) is 2.00. The zero-order valence-corrected chi connectivity index (χ0v) is 4.75. The minimum atomic E-state index is 2.00. The second-order valence-electron chi connectivity index (χ2n) is 0.500. The second-order valence-corrected chi connectivity index (χ2v) is 1.20. The first-order chi connectivity index (χ1) is 1.91. The van der Waals surface area contributed by atoms with E-state index < -0.39 is 0 Å². The third-order valence-corrected chi connectivity index (χ3v) is 0.866. The minimum absolute atomic E-state index is 2.00. The average Bonchev–Trinajstić information content (AvgIpc) is 1.37. The monoisotopic (exact) mass is 115 g/mol. The standard InChI is InChI=1S/C3H5Ge/c1-2-3-4/h2-3H,1H3.